The molecule has 0 aliphatic rings. The number of nitrogens with zero attached hydrogens (tertiary/aromatic N) is 3. The number of fused-ring (bicyclic) bond motifs is 1. The number of nitrogens with two attached hydrogens (primary N) is 1. The van der Waals surface area contributed by atoms with E-state index in [2.05, 4.69) is 9.97 Å². The van der Waals surface area contributed by atoms with Crippen LogP contribution in [0.2, 0.25) is 0 Å². The second-order valence-electron chi connectivity index (χ2n) is 4.69. The summed E-state index contributed by atoms with van der Waals surface area (Å²) in [7, 11) is 0. The molecule has 0 amide bonds. The number of anilines is 1. The molecule has 0 atom stereocenters. The average Bonchev–Trinajstić information content (AvgIpc) is 3.03. The number of hydrogen-bond acceptors (Lipinski definition) is 8. The predicted octanol–water partition coefficient (Wildman–Crippen LogP) is 4.15. The van der Waals surface area contributed by atoms with Crippen LogP contribution in [0.25, 0.3) is 10.2 Å². The van der Waals surface area contributed by atoms with Crippen molar-refractivity contribution in [1.82, 2.24) is 9.97 Å². The second-order valence-corrected chi connectivity index (χ2v) is 7.73. The van der Waals surface area contributed by atoms with Crippen molar-refractivity contribution in [1.29, 1.82) is 0 Å². The highest BCUT2D eigenvalue weighted by Crippen LogP contribution is 2.34. The maximum absolute atomic E-state index is 10.7. The highest BCUT2D eigenvalue weighted by molar-refractivity contribution is 7.98. The zero-order valence-electron chi connectivity index (χ0n) is 11.8. The molecule has 6 nitrogen and oxygen atoms in total. The van der Waals surface area contributed by atoms with Gasteiger partial charge in [-0.05, 0) is 25.0 Å². The van der Waals surface area contributed by atoms with Gasteiger partial charge in [0.15, 0.2) is 5.16 Å². The first-order valence-electron chi connectivity index (χ1n) is 6.33. The maximum atomic E-state index is 10.7. The van der Waals surface area contributed by atoms with E-state index in [0.29, 0.717) is 16.7 Å². The van der Waals surface area contributed by atoms with E-state index in [1.165, 1.54) is 16.6 Å². The highest BCUT2D eigenvalue weighted by atomic mass is 32.2. The molecule has 0 saturated heterocycles. The van der Waals surface area contributed by atoms with Gasteiger partial charge >= 0.3 is 5.00 Å². The predicted molar refractivity (Wildman–Crippen MR) is 91.8 cm³/mol. The summed E-state index contributed by atoms with van der Waals surface area (Å²) in [5.41, 5.74) is 8.06. The van der Waals surface area contributed by atoms with Crippen LogP contribution >= 0.6 is 34.4 Å². The Hall–Kier alpha value is -1.71. The third kappa shape index (κ3) is 2.79. The van der Waals surface area contributed by atoms with Crippen LogP contribution in [0.5, 0.6) is 0 Å². The number of aromatic nitrogens is 2. The number of thioether (sulfide) groups is 1. The summed E-state index contributed by atoms with van der Waals surface area (Å²) >= 11 is 4.16. The molecule has 0 aliphatic carbocycles. The van der Waals surface area contributed by atoms with Crippen molar-refractivity contribution >= 4 is 55.5 Å². The summed E-state index contributed by atoms with van der Waals surface area (Å²) in [4.78, 5) is 21.3. The summed E-state index contributed by atoms with van der Waals surface area (Å²) in [5.74, 6) is 1.07. The summed E-state index contributed by atoms with van der Waals surface area (Å²) in [6, 6.07) is 1.58. The molecule has 0 aromatic carbocycles. The normalized spacial score (nSPS) is 11.2. The molecule has 0 spiro atoms. The van der Waals surface area contributed by atoms with Crippen LogP contribution in [-0.2, 0) is 5.75 Å². The van der Waals surface area contributed by atoms with E-state index in [1.54, 1.807) is 22.8 Å². The number of thiophene rings is 2. The van der Waals surface area contributed by atoms with E-state index in [-0.39, 0.29) is 9.92 Å². The molecule has 0 bridgehead atoms. The van der Waals surface area contributed by atoms with Gasteiger partial charge in [0.05, 0.1) is 10.3 Å². The monoisotopic (exact) mass is 352 g/mol. The molecular weight excluding hydrogens is 340 g/mol. The van der Waals surface area contributed by atoms with E-state index in [0.717, 1.165) is 32.7 Å². The van der Waals surface area contributed by atoms with Gasteiger partial charge in [0.1, 0.15) is 10.6 Å². The van der Waals surface area contributed by atoms with E-state index in [4.69, 9.17) is 5.73 Å². The minimum absolute atomic E-state index is 0.149. The van der Waals surface area contributed by atoms with Gasteiger partial charge in [-0.15, -0.1) is 11.3 Å². The minimum atomic E-state index is -0.378. The van der Waals surface area contributed by atoms with Crippen LogP contribution in [0, 0.1) is 24.0 Å². The second kappa shape index (κ2) is 5.82. The van der Waals surface area contributed by atoms with Gasteiger partial charge in [-0.2, -0.15) is 0 Å². The Morgan fingerprint density at radius 1 is 1.41 bits per heavy atom. The van der Waals surface area contributed by atoms with Crippen molar-refractivity contribution in [2.24, 2.45) is 0 Å². The van der Waals surface area contributed by atoms with Crippen molar-refractivity contribution in [2.45, 2.75) is 24.8 Å². The van der Waals surface area contributed by atoms with E-state index in [9.17, 15) is 10.1 Å². The van der Waals surface area contributed by atoms with Crippen LogP contribution in [0.4, 0.5) is 10.8 Å². The molecule has 0 fully saturated rings. The van der Waals surface area contributed by atoms with E-state index in [1.807, 2.05) is 13.8 Å². The number of hydrogen-bond donors (Lipinski definition) is 1. The van der Waals surface area contributed by atoms with Gasteiger partial charge in [0.25, 0.3) is 0 Å². The Bertz CT molecular complexity index is 872. The van der Waals surface area contributed by atoms with Crippen molar-refractivity contribution in [3.63, 3.8) is 0 Å². The zero-order valence-corrected chi connectivity index (χ0v) is 14.3. The fourth-order valence-corrected chi connectivity index (χ4v) is 4.72. The third-order valence-corrected chi connectivity index (χ3v) is 6.17. The summed E-state index contributed by atoms with van der Waals surface area (Å²) in [6.45, 7) is 4.06. The van der Waals surface area contributed by atoms with Gasteiger partial charge in [0, 0.05) is 22.1 Å². The maximum Gasteiger partial charge on any atom is 0.324 e. The van der Waals surface area contributed by atoms with E-state index >= 15 is 0 Å². The van der Waals surface area contributed by atoms with Crippen LogP contribution in [0.1, 0.15) is 16.0 Å². The van der Waals surface area contributed by atoms with E-state index < -0.39 is 0 Å². The Labute approximate surface area is 138 Å². The first-order valence-corrected chi connectivity index (χ1v) is 9.01. The van der Waals surface area contributed by atoms with Crippen molar-refractivity contribution in [3.05, 3.63) is 37.6 Å². The standard InChI is InChI=1S/C13H12N4O2S3/c1-6-7(2)22-12-10(6)11(14)15-13(16-12)21-5-8-3-9(17(18)19)20-4-8/h3-4H,5H2,1-2H3,(H2,14,15,16). The average molecular weight is 352 g/mol. The van der Waals surface area contributed by atoms with Crippen molar-refractivity contribution < 1.29 is 4.92 Å². The molecule has 22 heavy (non-hydrogen) atoms. The topological polar surface area (TPSA) is 94.9 Å². The molecular formula is C13H12N4O2S3. The fourth-order valence-electron chi connectivity index (χ4n) is 2.01. The fraction of sp³-hybridized carbons (Fsp3) is 0.231. The molecule has 9 heteroatoms. The lowest BCUT2D eigenvalue weighted by Gasteiger charge is -2.02. The molecule has 0 unspecified atom stereocenters. The molecule has 3 rings (SSSR count). The minimum Gasteiger partial charge on any atom is -0.383 e. The molecule has 0 radical (unpaired) electrons. The summed E-state index contributed by atoms with van der Waals surface area (Å²) in [6.07, 6.45) is 0. The van der Waals surface area contributed by atoms with Gasteiger partial charge in [-0.25, -0.2) is 9.97 Å². The third-order valence-electron chi connectivity index (χ3n) is 3.22. The first-order chi connectivity index (χ1) is 10.5. The molecule has 3 aromatic rings. The number of rotatable bonds is 4. The first kappa shape index (κ1) is 15.2. The van der Waals surface area contributed by atoms with Crippen molar-refractivity contribution in [3.8, 4) is 0 Å². The number of nitro groups is 1. The number of nitrogen functional groups attached to an aromatic ring is 1. The zero-order chi connectivity index (χ0) is 15.9. The molecule has 0 aliphatic heterocycles. The lowest BCUT2D eigenvalue weighted by molar-refractivity contribution is -0.380. The lowest BCUT2D eigenvalue weighted by Crippen LogP contribution is -1.96. The lowest BCUT2D eigenvalue weighted by atomic mass is 10.2. The Balaban J connectivity index is 1.83. The summed E-state index contributed by atoms with van der Waals surface area (Å²) < 4.78 is 0. The number of aryl methyl sites for hydroxylation is 2. The largest absolute Gasteiger partial charge is 0.383 e. The Morgan fingerprint density at radius 2 is 2.18 bits per heavy atom. The molecule has 3 aromatic heterocycles. The van der Waals surface area contributed by atoms with Crippen LogP contribution in [-0.4, -0.2) is 14.9 Å². The van der Waals surface area contributed by atoms with Crippen molar-refractivity contribution in [2.75, 3.05) is 5.73 Å². The molecule has 114 valence electrons. The summed E-state index contributed by atoms with van der Waals surface area (Å²) in [5, 5.41) is 14.1. The molecule has 0 saturated carbocycles. The quantitative estimate of drug-likeness (QED) is 0.328. The Kier molecular flexibility index (Phi) is 4.02. The van der Waals surface area contributed by atoms with Crippen LogP contribution in [0.15, 0.2) is 16.6 Å². The van der Waals surface area contributed by atoms with Crippen LogP contribution in [0.3, 0.4) is 0 Å². The Morgan fingerprint density at radius 3 is 2.86 bits per heavy atom. The van der Waals surface area contributed by atoms with Gasteiger partial charge < -0.3 is 5.73 Å². The van der Waals surface area contributed by atoms with Gasteiger partial charge in [0.2, 0.25) is 0 Å². The molecule has 2 N–H and O–H groups in total. The van der Waals surface area contributed by atoms with Crippen LogP contribution < -0.4 is 5.73 Å². The van der Waals surface area contributed by atoms with Gasteiger partial charge in [-0.3, -0.25) is 10.1 Å². The SMILES string of the molecule is Cc1sc2nc(SCc3csc([N+](=O)[O-])c3)nc(N)c2c1C. The smallest absolute Gasteiger partial charge is 0.324 e. The molecule has 3 heterocycles. The van der Waals surface area contributed by atoms with Gasteiger partial charge in [-0.1, -0.05) is 23.1 Å². The highest BCUT2D eigenvalue weighted by Gasteiger charge is 2.14.